The second-order valence-electron chi connectivity index (χ2n) is 6.52. The van der Waals surface area contributed by atoms with Crippen molar-refractivity contribution in [2.75, 3.05) is 32.7 Å². The van der Waals surface area contributed by atoms with E-state index in [1.54, 1.807) is 21.1 Å². The van der Waals surface area contributed by atoms with Crippen molar-refractivity contribution in [2.24, 2.45) is 0 Å². The lowest BCUT2D eigenvalue weighted by atomic mass is 10.1. The molecule has 0 aliphatic carbocycles. The molecule has 1 aliphatic heterocycles. The lowest BCUT2D eigenvalue weighted by molar-refractivity contribution is -1.03. The van der Waals surface area contributed by atoms with Gasteiger partial charge in [-0.3, -0.25) is 0 Å². The minimum atomic E-state index is 0.398. The number of quaternary nitrogens is 2. The van der Waals surface area contributed by atoms with E-state index in [4.69, 9.17) is 0 Å². The lowest BCUT2D eigenvalue weighted by Gasteiger charge is -2.33. The summed E-state index contributed by atoms with van der Waals surface area (Å²) in [6.45, 7) is 12.7. The van der Waals surface area contributed by atoms with Crippen molar-refractivity contribution in [2.45, 2.75) is 32.4 Å². The maximum Gasteiger partial charge on any atom is 0.209 e. The van der Waals surface area contributed by atoms with E-state index in [0.29, 0.717) is 6.04 Å². The van der Waals surface area contributed by atoms with Gasteiger partial charge in [0.05, 0.1) is 13.1 Å². The fourth-order valence-electron chi connectivity index (χ4n) is 3.61. The van der Waals surface area contributed by atoms with Crippen molar-refractivity contribution in [3.63, 3.8) is 0 Å². The van der Waals surface area contributed by atoms with Gasteiger partial charge in [0.1, 0.15) is 32.2 Å². The van der Waals surface area contributed by atoms with Gasteiger partial charge in [-0.05, 0) is 27.9 Å². The van der Waals surface area contributed by atoms with Crippen LogP contribution in [0.3, 0.4) is 0 Å². The summed E-state index contributed by atoms with van der Waals surface area (Å²) >= 11 is 1.76. The van der Waals surface area contributed by atoms with Gasteiger partial charge < -0.3 is 9.80 Å². The molecule has 0 radical (unpaired) electrons. The van der Waals surface area contributed by atoms with Crippen LogP contribution in [0.25, 0.3) is 0 Å². The normalized spacial score (nSPS) is 22.4. The molecule has 2 aromatic heterocycles. The van der Waals surface area contributed by atoms with Crippen LogP contribution in [0.4, 0.5) is 0 Å². The van der Waals surface area contributed by atoms with E-state index >= 15 is 0 Å². The predicted molar refractivity (Wildman–Crippen MR) is 95.3 cm³/mol. The molecule has 2 N–H and O–H groups in total. The summed E-state index contributed by atoms with van der Waals surface area (Å²) in [4.78, 5) is 4.57. The molecule has 130 valence electrons. The molecule has 0 saturated carbocycles. The number of rotatable bonds is 8. The molecule has 6 nitrogen and oxygen atoms in total. The van der Waals surface area contributed by atoms with Crippen molar-refractivity contribution >= 4 is 11.3 Å². The fourth-order valence-corrected chi connectivity index (χ4v) is 4.30. The molecule has 0 bridgehead atoms. The maximum atomic E-state index is 4.41. The minimum absolute atomic E-state index is 0.398. The van der Waals surface area contributed by atoms with Gasteiger partial charge in [0.25, 0.3) is 0 Å². The first-order valence-corrected chi connectivity index (χ1v) is 9.77. The van der Waals surface area contributed by atoms with Crippen molar-refractivity contribution in [3.8, 4) is 0 Å². The Morgan fingerprint density at radius 2 is 2.21 bits per heavy atom. The molecule has 3 heterocycles. The zero-order valence-electron chi connectivity index (χ0n) is 14.4. The van der Waals surface area contributed by atoms with Crippen LogP contribution in [0.5, 0.6) is 0 Å². The molecule has 7 heteroatoms. The van der Waals surface area contributed by atoms with Gasteiger partial charge in [-0.15, -0.1) is 16.4 Å². The summed E-state index contributed by atoms with van der Waals surface area (Å²) in [5, 5.41) is 14.8. The van der Waals surface area contributed by atoms with Crippen molar-refractivity contribution < 1.29 is 9.80 Å². The van der Waals surface area contributed by atoms with Crippen LogP contribution in [0.2, 0.25) is 0 Å². The summed E-state index contributed by atoms with van der Waals surface area (Å²) in [5.74, 6) is 1.05. The number of piperazine rings is 1. The highest BCUT2D eigenvalue weighted by Gasteiger charge is 2.33. The first-order valence-electron chi connectivity index (χ1n) is 8.89. The van der Waals surface area contributed by atoms with E-state index in [0.717, 1.165) is 31.8 Å². The zero-order chi connectivity index (χ0) is 16.8. The number of hydrogen-bond donors (Lipinski definition) is 2. The summed E-state index contributed by atoms with van der Waals surface area (Å²) in [6.07, 6.45) is 4.33. The van der Waals surface area contributed by atoms with Crippen LogP contribution >= 0.6 is 11.3 Å². The SMILES string of the molecule is C=CC[NH+]1CC[NH+]([C@H](CCC)c2nnnn2Cc2cccs2)CC1. The molecule has 1 saturated heterocycles. The van der Waals surface area contributed by atoms with Gasteiger partial charge >= 0.3 is 0 Å². The Morgan fingerprint density at radius 1 is 1.38 bits per heavy atom. The summed E-state index contributed by atoms with van der Waals surface area (Å²) < 4.78 is 2.00. The second-order valence-corrected chi connectivity index (χ2v) is 7.55. The number of tetrazole rings is 1. The molecular weight excluding hydrogens is 320 g/mol. The van der Waals surface area contributed by atoms with Crippen molar-refractivity contribution in [3.05, 3.63) is 40.9 Å². The number of nitrogens with zero attached hydrogens (tertiary/aromatic N) is 4. The van der Waals surface area contributed by atoms with Crippen LogP contribution in [0.1, 0.15) is 36.5 Å². The Hall–Kier alpha value is -1.57. The number of nitrogens with one attached hydrogen (secondary N) is 2. The van der Waals surface area contributed by atoms with E-state index < -0.39 is 0 Å². The largest absolute Gasteiger partial charge is 0.322 e. The Labute approximate surface area is 147 Å². The van der Waals surface area contributed by atoms with Gasteiger partial charge in [-0.1, -0.05) is 26.0 Å². The lowest BCUT2D eigenvalue weighted by Crippen LogP contribution is -3.28. The van der Waals surface area contributed by atoms with E-state index in [1.807, 2.05) is 10.8 Å². The molecule has 0 unspecified atom stereocenters. The molecule has 0 amide bonds. The van der Waals surface area contributed by atoms with Crippen LogP contribution in [0.15, 0.2) is 30.2 Å². The van der Waals surface area contributed by atoms with E-state index in [9.17, 15) is 0 Å². The second kappa shape index (κ2) is 8.50. The third-order valence-electron chi connectivity index (χ3n) is 4.86. The smallest absolute Gasteiger partial charge is 0.209 e. The number of hydrogen-bond acceptors (Lipinski definition) is 4. The van der Waals surface area contributed by atoms with Gasteiger partial charge in [0.2, 0.25) is 5.82 Å². The summed E-state index contributed by atoms with van der Waals surface area (Å²) in [5.41, 5.74) is 0. The highest BCUT2D eigenvalue weighted by Crippen LogP contribution is 2.15. The fraction of sp³-hybridized carbons (Fsp3) is 0.588. The molecule has 2 aromatic rings. The van der Waals surface area contributed by atoms with E-state index in [-0.39, 0.29) is 0 Å². The number of aromatic nitrogens is 4. The van der Waals surface area contributed by atoms with Crippen LogP contribution in [0, 0.1) is 0 Å². The average Bonchev–Trinajstić information content (AvgIpc) is 3.26. The van der Waals surface area contributed by atoms with Gasteiger partial charge in [-0.25, -0.2) is 4.68 Å². The molecule has 1 fully saturated rings. The molecular formula is C17H28N6S+2. The van der Waals surface area contributed by atoms with E-state index in [2.05, 4.69) is 46.5 Å². The molecule has 24 heavy (non-hydrogen) atoms. The molecule has 1 atom stereocenters. The van der Waals surface area contributed by atoms with Crippen LogP contribution in [-0.4, -0.2) is 52.9 Å². The molecule has 0 aromatic carbocycles. The summed E-state index contributed by atoms with van der Waals surface area (Å²) in [7, 11) is 0. The first kappa shape index (κ1) is 17.3. The van der Waals surface area contributed by atoms with Gasteiger partial charge in [0.15, 0.2) is 0 Å². The zero-order valence-corrected chi connectivity index (χ0v) is 15.3. The van der Waals surface area contributed by atoms with Crippen LogP contribution < -0.4 is 9.80 Å². The van der Waals surface area contributed by atoms with Crippen molar-refractivity contribution in [1.29, 1.82) is 0 Å². The van der Waals surface area contributed by atoms with Crippen molar-refractivity contribution in [1.82, 2.24) is 20.2 Å². The average molecular weight is 349 g/mol. The quantitative estimate of drug-likeness (QED) is 0.638. The Bertz CT molecular complexity index is 615. The standard InChI is InChI=1S/C17H26N6S/c1-3-6-16(22-11-9-21(8-4-2)10-12-22)17-18-19-20-23(17)14-15-7-5-13-24-15/h4-5,7,13,16H,2-3,6,8-12,14H2,1H3/p+2/t16-/m1/s1. The van der Waals surface area contributed by atoms with Gasteiger partial charge in [0, 0.05) is 11.3 Å². The highest BCUT2D eigenvalue weighted by molar-refractivity contribution is 7.09. The summed E-state index contributed by atoms with van der Waals surface area (Å²) in [6, 6.07) is 4.63. The Morgan fingerprint density at radius 3 is 2.88 bits per heavy atom. The highest BCUT2D eigenvalue weighted by atomic mass is 32.1. The predicted octanol–water partition coefficient (Wildman–Crippen LogP) is -0.406. The third kappa shape index (κ3) is 4.09. The molecule has 3 rings (SSSR count). The Kier molecular flexibility index (Phi) is 6.12. The van der Waals surface area contributed by atoms with Gasteiger partial charge in [-0.2, -0.15) is 0 Å². The van der Waals surface area contributed by atoms with E-state index in [1.165, 1.54) is 31.1 Å². The third-order valence-corrected chi connectivity index (χ3v) is 5.72. The number of thiophene rings is 1. The topological polar surface area (TPSA) is 52.5 Å². The molecule has 1 aliphatic rings. The molecule has 0 spiro atoms. The minimum Gasteiger partial charge on any atom is -0.322 e. The monoisotopic (exact) mass is 348 g/mol. The van der Waals surface area contributed by atoms with Crippen LogP contribution in [-0.2, 0) is 6.54 Å². The Balaban J connectivity index is 1.72. The maximum absolute atomic E-state index is 4.41. The first-order chi connectivity index (χ1) is 11.8.